The molecule has 2 aromatic carbocycles. The topological polar surface area (TPSA) is 72.5 Å². The van der Waals surface area contributed by atoms with E-state index in [1.54, 1.807) is 30.3 Å². The molecule has 6 heteroatoms. The maximum absolute atomic E-state index is 12.3. The van der Waals surface area contributed by atoms with E-state index in [1.165, 1.54) is 7.11 Å². The predicted octanol–water partition coefficient (Wildman–Crippen LogP) is 3.03. The summed E-state index contributed by atoms with van der Waals surface area (Å²) >= 11 is 0. The first kappa shape index (κ1) is 17.0. The van der Waals surface area contributed by atoms with Crippen molar-refractivity contribution in [3.63, 3.8) is 0 Å². The summed E-state index contributed by atoms with van der Waals surface area (Å²) in [5.74, 6) is -0.616. The number of esters is 1. The fourth-order valence-corrected chi connectivity index (χ4v) is 3.40. The van der Waals surface area contributed by atoms with Gasteiger partial charge < -0.3 is 4.74 Å². The van der Waals surface area contributed by atoms with Gasteiger partial charge in [-0.15, -0.1) is 0 Å². The Balaban J connectivity index is 2.15. The predicted molar refractivity (Wildman–Crippen MR) is 89.9 cm³/mol. The number of anilines is 1. The van der Waals surface area contributed by atoms with E-state index in [1.807, 2.05) is 26.0 Å². The van der Waals surface area contributed by atoms with Crippen molar-refractivity contribution < 1.29 is 17.9 Å². The Morgan fingerprint density at radius 3 is 2.35 bits per heavy atom. The van der Waals surface area contributed by atoms with Gasteiger partial charge in [0.15, 0.2) is 0 Å². The SMILES string of the molecule is COC(=O)c1ccc(CS(=O)(=O)Nc2cccc(C)c2C)cc1. The fraction of sp³-hybridized carbons (Fsp3) is 0.235. The number of hydrogen-bond donors (Lipinski definition) is 1. The number of nitrogens with one attached hydrogen (secondary N) is 1. The Bertz CT molecular complexity index is 811. The smallest absolute Gasteiger partial charge is 0.337 e. The summed E-state index contributed by atoms with van der Waals surface area (Å²) in [6, 6.07) is 11.8. The summed E-state index contributed by atoms with van der Waals surface area (Å²) in [5.41, 5.74) is 3.48. The standard InChI is InChI=1S/C17H19NO4S/c1-12-5-4-6-16(13(12)2)18-23(20,21)11-14-7-9-15(10-8-14)17(19)22-3/h4-10,18H,11H2,1-3H3. The highest BCUT2D eigenvalue weighted by molar-refractivity contribution is 7.91. The van der Waals surface area contributed by atoms with Crippen LogP contribution in [-0.2, 0) is 20.5 Å². The monoisotopic (exact) mass is 333 g/mol. The van der Waals surface area contributed by atoms with Crippen molar-refractivity contribution in [2.45, 2.75) is 19.6 Å². The molecule has 5 nitrogen and oxygen atoms in total. The number of rotatable bonds is 5. The maximum Gasteiger partial charge on any atom is 0.337 e. The van der Waals surface area contributed by atoms with Crippen molar-refractivity contribution in [2.24, 2.45) is 0 Å². The molecule has 0 radical (unpaired) electrons. The second-order valence-corrected chi connectivity index (χ2v) is 7.02. The number of hydrogen-bond acceptors (Lipinski definition) is 4. The molecule has 0 unspecified atom stereocenters. The summed E-state index contributed by atoms with van der Waals surface area (Å²) in [5, 5.41) is 0. The van der Waals surface area contributed by atoms with E-state index < -0.39 is 16.0 Å². The van der Waals surface area contributed by atoms with Crippen molar-refractivity contribution in [1.29, 1.82) is 0 Å². The number of benzene rings is 2. The molecule has 0 saturated heterocycles. The van der Waals surface area contributed by atoms with Crippen LogP contribution in [0.1, 0.15) is 27.0 Å². The van der Waals surface area contributed by atoms with Gasteiger partial charge in [-0.25, -0.2) is 13.2 Å². The Kier molecular flexibility index (Phi) is 5.05. The normalized spacial score (nSPS) is 11.1. The molecule has 0 atom stereocenters. The number of ether oxygens (including phenoxy) is 1. The minimum Gasteiger partial charge on any atom is -0.465 e. The lowest BCUT2D eigenvalue weighted by molar-refractivity contribution is 0.0600. The minimum absolute atomic E-state index is 0.165. The number of carbonyl (C=O) groups is 1. The second-order valence-electron chi connectivity index (χ2n) is 5.30. The van der Waals surface area contributed by atoms with Crippen LogP contribution in [0.4, 0.5) is 5.69 Å². The summed E-state index contributed by atoms with van der Waals surface area (Å²) < 4.78 is 31.8. The molecule has 2 rings (SSSR count). The maximum atomic E-state index is 12.3. The molecule has 0 aliphatic heterocycles. The first-order chi connectivity index (χ1) is 10.8. The molecule has 0 fully saturated rings. The zero-order chi connectivity index (χ0) is 17.0. The van der Waals surface area contributed by atoms with Crippen LogP contribution < -0.4 is 4.72 Å². The summed E-state index contributed by atoms with van der Waals surface area (Å²) in [4.78, 5) is 11.4. The Labute approximate surface area is 136 Å². The third-order valence-electron chi connectivity index (χ3n) is 3.60. The highest BCUT2D eigenvalue weighted by Crippen LogP contribution is 2.20. The summed E-state index contributed by atoms with van der Waals surface area (Å²) in [6.45, 7) is 3.80. The molecule has 0 heterocycles. The van der Waals surface area contributed by atoms with Gasteiger partial charge in [0, 0.05) is 0 Å². The fourth-order valence-electron chi connectivity index (χ4n) is 2.14. The summed E-state index contributed by atoms with van der Waals surface area (Å²) in [7, 11) is -2.23. The first-order valence-corrected chi connectivity index (χ1v) is 8.71. The highest BCUT2D eigenvalue weighted by Gasteiger charge is 2.14. The third-order valence-corrected chi connectivity index (χ3v) is 4.85. The molecule has 0 amide bonds. The third kappa shape index (κ3) is 4.32. The van der Waals surface area contributed by atoms with Gasteiger partial charge in [0.2, 0.25) is 10.0 Å². The molecular formula is C17H19NO4S. The van der Waals surface area contributed by atoms with Crippen LogP contribution in [0.25, 0.3) is 0 Å². The van der Waals surface area contributed by atoms with Crippen LogP contribution >= 0.6 is 0 Å². The molecule has 2 aromatic rings. The average molecular weight is 333 g/mol. The van der Waals surface area contributed by atoms with Crippen LogP contribution in [0.5, 0.6) is 0 Å². The van der Waals surface area contributed by atoms with Crippen molar-refractivity contribution in [3.8, 4) is 0 Å². The van der Waals surface area contributed by atoms with Gasteiger partial charge in [-0.1, -0.05) is 24.3 Å². The van der Waals surface area contributed by atoms with E-state index in [9.17, 15) is 13.2 Å². The van der Waals surface area contributed by atoms with E-state index in [0.29, 0.717) is 16.8 Å². The van der Waals surface area contributed by atoms with Gasteiger partial charge >= 0.3 is 5.97 Å². The van der Waals surface area contributed by atoms with Gasteiger partial charge in [-0.3, -0.25) is 4.72 Å². The Hall–Kier alpha value is -2.34. The van der Waals surface area contributed by atoms with Crippen LogP contribution in [0.3, 0.4) is 0 Å². The largest absolute Gasteiger partial charge is 0.465 e. The Morgan fingerprint density at radius 1 is 1.09 bits per heavy atom. The van der Waals surface area contributed by atoms with Gasteiger partial charge in [0.25, 0.3) is 0 Å². The molecule has 0 aliphatic carbocycles. The van der Waals surface area contributed by atoms with Crippen molar-refractivity contribution in [3.05, 3.63) is 64.7 Å². The first-order valence-electron chi connectivity index (χ1n) is 7.06. The van der Waals surface area contributed by atoms with Crippen molar-refractivity contribution in [1.82, 2.24) is 0 Å². The molecular weight excluding hydrogens is 314 g/mol. The number of aryl methyl sites for hydroxylation is 1. The second kappa shape index (κ2) is 6.83. The number of carbonyl (C=O) groups excluding carboxylic acids is 1. The zero-order valence-electron chi connectivity index (χ0n) is 13.3. The van der Waals surface area contributed by atoms with Crippen LogP contribution in [0.2, 0.25) is 0 Å². The van der Waals surface area contributed by atoms with Crippen molar-refractivity contribution in [2.75, 3.05) is 11.8 Å². The van der Waals surface area contributed by atoms with Gasteiger partial charge in [0.05, 0.1) is 24.1 Å². The molecule has 0 aliphatic rings. The van der Waals surface area contributed by atoms with E-state index in [0.717, 1.165) is 11.1 Å². The average Bonchev–Trinajstić information content (AvgIpc) is 2.51. The van der Waals surface area contributed by atoms with E-state index in [2.05, 4.69) is 9.46 Å². The minimum atomic E-state index is -3.53. The van der Waals surface area contributed by atoms with E-state index >= 15 is 0 Å². The van der Waals surface area contributed by atoms with Gasteiger partial charge in [-0.05, 0) is 48.7 Å². The quantitative estimate of drug-likeness (QED) is 0.854. The van der Waals surface area contributed by atoms with E-state index in [4.69, 9.17) is 0 Å². The zero-order valence-corrected chi connectivity index (χ0v) is 14.1. The van der Waals surface area contributed by atoms with Crippen molar-refractivity contribution >= 4 is 21.7 Å². The van der Waals surface area contributed by atoms with E-state index in [-0.39, 0.29) is 5.75 Å². The lowest BCUT2D eigenvalue weighted by Crippen LogP contribution is -2.16. The molecule has 1 N–H and O–H groups in total. The highest BCUT2D eigenvalue weighted by atomic mass is 32.2. The Morgan fingerprint density at radius 2 is 1.74 bits per heavy atom. The van der Waals surface area contributed by atoms with Gasteiger partial charge in [0.1, 0.15) is 0 Å². The molecule has 0 aromatic heterocycles. The van der Waals surface area contributed by atoms with Crippen LogP contribution in [0.15, 0.2) is 42.5 Å². The van der Waals surface area contributed by atoms with Crippen LogP contribution in [0, 0.1) is 13.8 Å². The van der Waals surface area contributed by atoms with Gasteiger partial charge in [-0.2, -0.15) is 0 Å². The molecule has 122 valence electrons. The molecule has 23 heavy (non-hydrogen) atoms. The van der Waals surface area contributed by atoms with Crippen LogP contribution in [-0.4, -0.2) is 21.5 Å². The lowest BCUT2D eigenvalue weighted by Gasteiger charge is -2.12. The molecule has 0 saturated carbocycles. The number of methoxy groups -OCH3 is 1. The molecule has 0 spiro atoms. The molecule has 0 bridgehead atoms. The summed E-state index contributed by atoms with van der Waals surface area (Å²) in [6.07, 6.45) is 0. The number of sulfonamides is 1. The lowest BCUT2D eigenvalue weighted by atomic mass is 10.1.